The molecule has 0 saturated carbocycles. The molecular weight excluding hydrogens is 574 g/mol. The highest BCUT2D eigenvalue weighted by molar-refractivity contribution is 6.09. The number of amides is 1. The lowest BCUT2D eigenvalue weighted by molar-refractivity contribution is -0.141. The summed E-state index contributed by atoms with van der Waals surface area (Å²) in [6.07, 6.45) is 4.37. The fourth-order valence-electron chi connectivity index (χ4n) is 5.95. The molecule has 5 heterocycles. The average molecular weight is 610 g/mol. The molecule has 15 nitrogen and oxygen atoms in total. The molecule has 234 valence electrons. The Labute approximate surface area is 253 Å². The van der Waals surface area contributed by atoms with E-state index in [-0.39, 0.29) is 36.1 Å². The molecular formula is C29H35N7O8. The van der Waals surface area contributed by atoms with E-state index in [9.17, 15) is 19.5 Å². The molecule has 2 saturated heterocycles. The Bertz CT molecular complexity index is 1580. The zero-order valence-corrected chi connectivity index (χ0v) is 24.7. The smallest absolute Gasteiger partial charge is 0.375 e. The van der Waals surface area contributed by atoms with Crippen molar-refractivity contribution in [3.8, 4) is 17.2 Å². The molecule has 6 rings (SSSR count). The van der Waals surface area contributed by atoms with Gasteiger partial charge >= 0.3 is 5.97 Å². The Kier molecular flexibility index (Phi) is 7.57. The monoisotopic (exact) mass is 609 g/mol. The van der Waals surface area contributed by atoms with Crippen LogP contribution >= 0.6 is 0 Å². The van der Waals surface area contributed by atoms with E-state index < -0.39 is 36.2 Å². The van der Waals surface area contributed by atoms with Gasteiger partial charge in [-0.3, -0.25) is 26.0 Å². The summed E-state index contributed by atoms with van der Waals surface area (Å²) >= 11 is 0. The first-order chi connectivity index (χ1) is 21.0. The van der Waals surface area contributed by atoms with Gasteiger partial charge in [0.15, 0.2) is 6.29 Å². The maximum absolute atomic E-state index is 13.0. The molecule has 1 aromatic heterocycles. The van der Waals surface area contributed by atoms with Crippen LogP contribution in [-0.2, 0) is 32.1 Å². The van der Waals surface area contributed by atoms with E-state index in [1.165, 1.54) is 7.11 Å². The molecule has 0 aliphatic carbocycles. The summed E-state index contributed by atoms with van der Waals surface area (Å²) in [5.41, 5.74) is 6.37. The van der Waals surface area contributed by atoms with E-state index in [0.717, 1.165) is 0 Å². The van der Waals surface area contributed by atoms with Crippen LogP contribution < -0.4 is 40.8 Å². The predicted octanol–water partition coefficient (Wildman–Crippen LogP) is -0.518. The molecule has 0 radical (unpaired) electrons. The second kappa shape index (κ2) is 11.2. The summed E-state index contributed by atoms with van der Waals surface area (Å²) in [5.74, 6) is 0.362. The Balaban J connectivity index is 1.42. The van der Waals surface area contributed by atoms with E-state index in [1.807, 2.05) is 9.47 Å². The summed E-state index contributed by atoms with van der Waals surface area (Å²) in [6.45, 7) is 5.60. The molecule has 1 amide bonds. The molecule has 1 aromatic carbocycles. The zero-order valence-electron chi connectivity index (χ0n) is 24.7. The second-order valence-corrected chi connectivity index (χ2v) is 11.3. The van der Waals surface area contributed by atoms with E-state index in [1.54, 1.807) is 45.3 Å². The van der Waals surface area contributed by atoms with Crippen molar-refractivity contribution in [2.24, 2.45) is 5.73 Å². The number of nitrogens with zero attached hydrogens (tertiary/aromatic N) is 3. The van der Waals surface area contributed by atoms with Crippen molar-refractivity contribution in [2.75, 3.05) is 25.3 Å². The first-order valence-electron chi connectivity index (χ1n) is 14.3. The quantitative estimate of drug-likeness (QED) is 0.190. The van der Waals surface area contributed by atoms with Crippen LogP contribution in [0, 0.1) is 0 Å². The van der Waals surface area contributed by atoms with Crippen LogP contribution in [0.5, 0.6) is 17.2 Å². The minimum atomic E-state index is -1.15. The Morgan fingerprint density at radius 2 is 2.14 bits per heavy atom. The van der Waals surface area contributed by atoms with Crippen molar-refractivity contribution in [1.82, 2.24) is 25.5 Å². The molecule has 4 aliphatic rings. The predicted molar refractivity (Wildman–Crippen MR) is 155 cm³/mol. The van der Waals surface area contributed by atoms with Gasteiger partial charge in [0.05, 0.1) is 37.1 Å². The van der Waals surface area contributed by atoms with Gasteiger partial charge in [0.25, 0.3) is 0 Å². The Hall–Kier alpha value is -4.44. The molecule has 0 bridgehead atoms. The number of carbonyl (C=O) groups is 3. The number of imidazole rings is 1. The van der Waals surface area contributed by atoms with Crippen LogP contribution in [0.3, 0.4) is 0 Å². The lowest BCUT2D eigenvalue weighted by atomic mass is 9.89. The lowest BCUT2D eigenvalue weighted by Gasteiger charge is -2.35. The molecule has 2 fully saturated rings. The number of hydrogen-bond donors (Lipinski definition) is 5. The number of anilines is 1. The van der Waals surface area contributed by atoms with E-state index in [2.05, 4.69) is 20.9 Å². The van der Waals surface area contributed by atoms with E-state index in [4.69, 9.17) is 24.7 Å². The molecule has 4 aliphatic heterocycles. The third-order valence-electron chi connectivity index (χ3n) is 8.06. The number of hydrogen-bond acceptors (Lipinski definition) is 13. The number of benzene rings is 1. The summed E-state index contributed by atoms with van der Waals surface area (Å²) in [5, 5.41) is 19.7. The number of aromatic nitrogens is 2. The van der Waals surface area contributed by atoms with Crippen LogP contribution in [0.15, 0.2) is 35.9 Å². The van der Waals surface area contributed by atoms with Crippen molar-refractivity contribution in [3.05, 3.63) is 47.0 Å². The van der Waals surface area contributed by atoms with Crippen molar-refractivity contribution < 1.29 is 38.4 Å². The van der Waals surface area contributed by atoms with Gasteiger partial charge in [-0.25, -0.2) is 9.78 Å². The topological polar surface area (TPSA) is 192 Å². The number of nitrogens with two attached hydrogens (primary N) is 1. The van der Waals surface area contributed by atoms with Gasteiger partial charge < -0.3 is 38.8 Å². The zero-order chi connectivity index (χ0) is 31.3. The van der Waals surface area contributed by atoms with Crippen LogP contribution in [-0.4, -0.2) is 83.4 Å². The van der Waals surface area contributed by atoms with Gasteiger partial charge in [-0.2, -0.15) is 0 Å². The van der Waals surface area contributed by atoms with Gasteiger partial charge in [-0.05, 0) is 20.8 Å². The molecule has 0 spiro atoms. The molecule has 2 aromatic rings. The summed E-state index contributed by atoms with van der Waals surface area (Å²) in [7, 11) is 1.50. The minimum Gasteiger partial charge on any atom is -0.496 e. The largest absolute Gasteiger partial charge is 0.496 e. The van der Waals surface area contributed by atoms with Crippen molar-refractivity contribution >= 4 is 29.7 Å². The number of esters is 1. The Morgan fingerprint density at radius 3 is 2.84 bits per heavy atom. The van der Waals surface area contributed by atoms with Gasteiger partial charge in [0, 0.05) is 42.6 Å². The van der Waals surface area contributed by atoms with Gasteiger partial charge in [-0.1, -0.05) is 6.08 Å². The molecule has 44 heavy (non-hydrogen) atoms. The number of aliphatic hydroxyl groups is 1. The average Bonchev–Trinajstić information content (AvgIpc) is 3.72. The second-order valence-electron chi connectivity index (χ2n) is 11.3. The number of aldehydes is 1. The first-order valence-corrected chi connectivity index (χ1v) is 14.3. The third kappa shape index (κ3) is 4.96. The normalized spacial score (nSPS) is 25.1. The summed E-state index contributed by atoms with van der Waals surface area (Å²) in [4.78, 5) is 44.5. The van der Waals surface area contributed by atoms with Crippen molar-refractivity contribution in [1.29, 1.82) is 0 Å². The van der Waals surface area contributed by atoms with Crippen LogP contribution in [0.4, 0.5) is 5.95 Å². The summed E-state index contributed by atoms with van der Waals surface area (Å²) in [6, 6.07) is 1.11. The van der Waals surface area contributed by atoms with Crippen molar-refractivity contribution in [2.45, 2.75) is 63.9 Å². The first kappa shape index (κ1) is 29.6. The molecule has 6 N–H and O–H groups in total. The maximum Gasteiger partial charge on any atom is 0.375 e. The standard InChI is InChI=1S/C29H35N7O8/c1-5-42-26(39)23-16(12-37)14(20-18(44-23)11-17-15(22(20)41-4)10-19(43-17)29(2,3)40)6-8-35-9-7-31-28(35)36-13-32-21-24(36)33-27(30)34-25(21)38/h6-7,9,11-12,19,21,24,27,32-33,40H,5,8,10,13,30H2,1-4H3,(H,34,38)/b14-6+/t19-,21+,24-,27+/m0/s1. The number of rotatable bonds is 8. The number of methoxy groups -OCH3 is 1. The maximum atomic E-state index is 13.0. The highest BCUT2D eigenvalue weighted by Crippen LogP contribution is 2.51. The molecule has 15 heteroatoms. The van der Waals surface area contributed by atoms with E-state index in [0.29, 0.717) is 53.5 Å². The highest BCUT2D eigenvalue weighted by atomic mass is 16.6. The highest BCUT2D eigenvalue weighted by Gasteiger charge is 2.45. The van der Waals surface area contributed by atoms with Gasteiger partial charge in [0.1, 0.15) is 41.8 Å². The molecule has 0 unspecified atom stereocenters. The fourth-order valence-corrected chi connectivity index (χ4v) is 5.95. The van der Waals surface area contributed by atoms with Crippen LogP contribution in [0.1, 0.15) is 31.9 Å². The lowest BCUT2D eigenvalue weighted by Crippen LogP contribution is -2.70. The van der Waals surface area contributed by atoms with Gasteiger partial charge in [0.2, 0.25) is 17.6 Å². The van der Waals surface area contributed by atoms with Crippen molar-refractivity contribution in [3.63, 3.8) is 0 Å². The van der Waals surface area contributed by atoms with Gasteiger partial charge in [-0.15, -0.1) is 0 Å². The Morgan fingerprint density at radius 1 is 1.34 bits per heavy atom. The number of allylic oxidation sites excluding steroid dienone is 3. The fraction of sp³-hybridized carbons (Fsp3) is 0.448. The SMILES string of the molecule is CCOC(=O)C1=C(C=O)/C(=C\Cn2ccnc2N2CN[C@H]3C(=O)N[C@H](N)N[C@H]32)c2c(cc3c(c2OC)C[C@@H](C(C)(C)O)O3)O1. The number of carbonyl (C=O) groups excluding carboxylic acids is 3. The number of fused-ring (bicyclic) bond motifs is 3. The number of nitrogens with one attached hydrogen (secondary N) is 3. The van der Waals surface area contributed by atoms with Crippen LogP contribution in [0.2, 0.25) is 0 Å². The van der Waals surface area contributed by atoms with Crippen LogP contribution in [0.25, 0.3) is 5.57 Å². The minimum absolute atomic E-state index is 0.00619. The number of ether oxygens (including phenoxy) is 4. The third-order valence-corrected chi connectivity index (χ3v) is 8.06. The summed E-state index contributed by atoms with van der Waals surface area (Å²) < 4.78 is 25.0. The van der Waals surface area contributed by atoms with E-state index >= 15 is 0 Å². The molecule has 4 atom stereocenters.